The normalized spacial score (nSPS) is 13.3. The molecule has 23 heavy (non-hydrogen) atoms. The van der Waals surface area contributed by atoms with E-state index in [-0.39, 0.29) is 19.0 Å². The molecular formula is C18H19ClFNO2. The predicted molar refractivity (Wildman–Crippen MR) is 92.1 cm³/mol. The van der Waals surface area contributed by atoms with E-state index >= 15 is 0 Å². The topological polar surface area (TPSA) is 34.4 Å². The summed E-state index contributed by atoms with van der Waals surface area (Å²) in [7, 11) is 1.72. The van der Waals surface area contributed by atoms with Crippen LogP contribution in [0.3, 0.4) is 0 Å². The monoisotopic (exact) mass is 335 g/mol. The first-order valence-electron chi connectivity index (χ1n) is 7.26. The molecule has 2 aromatic carbocycles. The minimum atomic E-state index is -1.17. The highest BCUT2D eigenvalue weighted by atomic mass is 35.5. The molecule has 0 amide bonds. The van der Waals surface area contributed by atoms with Gasteiger partial charge in [0, 0.05) is 11.9 Å². The van der Waals surface area contributed by atoms with Crippen LogP contribution in [-0.4, -0.2) is 19.8 Å². The number of furan rings is 1. The molecule has 3 rings (SSSR count). The SMILES string of the molecule is CNC[C@@H](F)[C@@H](Oc1cccc2ccoc12)c1ccccc1.Cl. The second kappa shape index (κ2) is 7.99. The van der Waals surface area contributed by atoms with E-state index < -0.39 is 12.3 Å². The number of alkyl halides is 1. The maximum atomic E-state index is 14.5. The van der Waals surface area contributed by atoms with Gasteiger partial charge in [-0.2, -0.15) is 0 Å². The molecule has 0 fully saturated rings. The quantitative estimate of drug-likeness (QED) is 0.718. The molecule has 0 radical (unpaired) electrons. The Morgan fingerprint density at radius 2 is 1.87 bits per heavy atom. The number of hydrogen-bond donors (Lipinski definition) is 1. The maximum absolute atomic E-state index is 14.5. The summed E-state index contributed by atoms with van der Waals surface area (Å²) in [6, 6.07) is 16.9. The molecule has 0 aliphatic rings. The average Bonchev–Trinajstić information content (AvgIpc) is 3.03. The Morgan fingerprint density at radius 1 is 1.09 bits per heavy atom. The first-order valence-corrected chi connectivity index (χ1v) is 7.26. The van der Waals surface area contributed by atoms with E-state index in [0.717, 1.165) is 10.9 Å². The van der Waals surface area contributed by atoms with Crippen molar-refractivity contribution >= 4 is 23.4 Å². The smallest absolute Gasteiger partial charge is 0.175 e. The summed E-state index contributed by atoms with van der Waals surface area (Å²) in [5.41, 5.74) is 1.44. The second-order valence-corrected chi connectivity index (χ2v) is 5.12. The summed E-state index contributed by atoms with van der Waals surface area (Å²) in [5.74, 6) is 0.551. The van der Waals surface area contributed by atoms with Crippen LogP contribution in [-0.2, 0) is 0 Å². The Labute approximate surface area is 140 Å². The van der Waals surface area contributed by atoms with Gasteiger partial charge < -0.3 is 14.5 Å². The Bertz CT molecular complexity index is 732. The van der Waals surface area contributed by atoms with Crippen molar-refractivity contribution in [2.45, 2.75) is 12.3 Å². The highest BCUT2D eigenvalue weighted by Crippen LogP contribution is 2.32. The minimum Gasteiger partial charge on any atom is -0.479 e. The number of halogens is 2. The Balaban J connectivity index is 0.00000192. The van der Waals surface area contributed by atoms with Gasteiger partial charge >= 0.3 is 0 Å². The number of para-hydroxylation sites is 1. The fraction of sp³-hybridized carbons (Fsp3) is 0.222. The molecule has 3 nitrogen and oxygen atoms in total. The van der Waals surface area contributed by atoms with Crippen LogP contribution in [0.15, 0.2) is 65.3 Å². The standard InChI is InChI=1S/C18H18FNO2.ClH/c1-20-12-15(19)17(13-6-3-2-4-7-13)22-16-9-5-8-14-10-11-21-18(14)16;/h2-11,15,17,20H,12H2,1H3;1H/t15-,17+;/m1./s1. The van der Waals surface area contributed by atoms with Crippen LogP contribution in [0.2, 0.25) is 0 Å². The molecule has 5 heteroatoms. The second-order valence-electron chi connectivity index (χ2n) is 5.12. The van der Waals surface area contributed by atoms with Crippen LogP contribution in [0, 0.1) is 0 Å². The van der Waals surface area contributed by atoms with E-state index in [0.29, 0.717) is 11.3 Å². The zero-order chi connectivity index (χ0) is 15.4. The van der Waals surface area contributed by atoms with Gasteiger partial charge in [0.1, 0.15) is 0 Å². The third-order valence-electron chi connectivity index (χ3n) is 3.55. The summed E-state index contributed by atoms with van der Waals surface area (Å²) < 4.78 is 26.0. The largest absolute Gasteiger partial charge is 0.479 e. The molecule has 1 heterocycles. The molecule has 0 saturated carbocycles. The highest BCUT2D eigenvalue weighted by molar-refractivity contribution is 5.85. The number of ether oxygens (including phenoxy) is 1. The lowest BCUT2D eigenvalue weighted by molar-refractivity contribution is 0.101. The van der Waals surface area contributed by atoms with Gasteiger partial charge in [0.15, 0.2) is 23.6 Å². The van der Waals surface area contributed by atoms with Crippen LogP contribution in [0.4, 0.5) is 4.39 Å². The van der Waals surface area contributed by atoms with E-state index in [1.807, 2.05) is 48.5 Å². The molecule has 1 aromatic heterocycles. The van der Waals surface area contributed by atoms with Gasteiger partial charge in [0.25, 0.3) is 0 Å². The predicted octanol–water partition coefficient (Wildman–Crippen LogP) is 4.53. The molecule has 2 atom stereocenters. The van der Waals surface area contributed by atoms with Crippen molar-refractivity contribution in [1.29, 1.82) is 0 Å². The summed E-state index contributed by atoms with van der Waals surface area (Å²) in [6.45, 7) is 0.216. The average molecular weight is 336 g/mol. The first-order chi connectivity index (χ1) is 10.8. The fourth-order valence-corrected chi connectivity index (χ4v) is 2.49. The van der Waals surface area contributed by atoms with Gasteiger partial charge in [0.2, 0.25) is 0 Å². The van der Waals surface area contributed by atoms with Crippen LogP contribution < -0.4 is 10.1 Å². The lowest BCUT2D eigenvalue weighted by Crippen LogP contribution is -2.29. The van der Waals surface area contributed by atoms with Gasteiger partial charge in [-0.3, -0.25) is 0 Å². The number of nitrogens with one attached hydrogen (secondary N) is 1. The Hall–Kier alpha value is -2.04. The molecule has 122 valence electrons. The molecule has 3 aromatic rings. The Morgan fingerprint density at radius 3 is 2.61 bits per heavy atom. The van der Waals surface area contributed by atoms with E-state index in [2.05, 4.69) is 5.32 Å². The number of benzene rings is 2. The van der Waals surface area contributed by atoms with Crippen molar-refractivity contribution < 1.29 is 13.5 Å². The van der Waals surface area contributed by atoms with Gasteiger partial charge in [-0.15, -0.1) is 12.4 Å². The van der Waals surface area contributed by atoms with Crippen molar-refractivity contribution in [1.82, 2.24) is 5.32 Å². The lowest BCUT2D eigenvalue weighted by atomic mass is 10.0. The maximum Gasteiger partial charge on any atom is 0.175 e. The van der Waals surface area contributed by atoms with E-state index in [9.17, 15) is 4.39 Å². The summed E-state index contributed by atoms with van der Waals surface area (Å²) in [5, 5.41) is 3.80. The van der Waals surface area contributed by atoms with E-state index in [4.69, 9.17) is 9.15 Å². The molecule has 0 aliphatic heterocycles. The zero-order valence-corrected chi connectivity index (χ0v) is 13.6. The fourth-order valence-electron chi connectivity index (χ4n) is 2.49. The van der Waals surface area contributed by atoms with E-state index in [1.54, 1.807) is 19.4 Å². The van der Waals surface area contributed by atoms with E-state index in [1.165, 1.54) is 0 Å². The minimum absolute atomic E-state index is 0. The van der Waals surface area contributed by atoms with Crippen molar-refractivity contribution in [3.8, 4) is 5.75 Å². The lowest BCUT2D eigenvalue weighted by Gasteiger charge is -2.23. The van der Waals surface area contributed by atoms with Crippen LogP contribution in [0.5, 0.6) is 5.75 Å². The summed E-state index contributed by atoms with van der Waals surface area (Å²) in [6.07, 6.45) is -0.253. The van der Waals surface area contributed by atoms with Crippen LogP contribution >= 0.6 is 12.4 Å². The number of rotatable bonds is 6. The molecule has 0 unspecified atom stereocenters. The molecular weight excluding hydrogens is 317 g/mol. The van der Waals surface area contributed by atoms with Gasteiger partial charge in [-0.1, -0.05) is 42.5 Å². The highest BCUT2D eigenvalue weighted by Gasteiger charge is 2.25. The van der Waals surface area contributed by atoms with Crippen molar-refractivity contribution in [3.05, 3.63) is 66.4 Å². The Kier molecular flexibility index (Phi) is 6.02. The van der Waals surface area contributed by atoms with Crippen molar-refractivity contribution in [3.63, 3.8) is 0 Å². The third-order valence-corrected chi connectivity index (χ3v) is 3.55. The van der Waals surface area contributed by atoms with Gasteiger partial charge in [0.05, 0.1) is 6.26 Å². The molecule has 0 spiro atoms. The molecule has 0 saturated heterocycles. The van der Waals surface area contributed by atoms with Gasteiger partial charge in [-0.05, 0) is 24.7 Å². The zero-order valence-electron chi connectivity index (χ0n) is 12.7. The van der Waals surface area contributed by atoms with Crippen LogP contribution in [0.25, 0.3) is 11.0 Å². The number of hydrogen-bond acceptors (Lipinski definition) is 3. The third kappa shape index (κ3) is 3.84. The molecule has 0 bridgehead atoms. The first kappa shape index (κ1) is 17.3. The van der Waals surface area contributed by atoms with Gasteiger partial charge in [-0.25, -0.2) is 4.39 Å². The molecule has 0 aliphatic carbocycles. The summed E-state index contributed by atoms with van der Waals surface area (Å²) in [4.78, 5) is 0. The molecule has 1 N–H and O–H groups in total. The van der Waals surface area contributed by atoms with Crippen molar-refractivity contribution in [2.24, 2.45) is 0 Å². The van der Waals surface area contributed by atoms with Crippen molar-refractivity contribution in [2.75, 3.05) is 13.6 Å². The van der Waals surface area contributed by atoms with Crippen LogP contribution in [0.1, 0.15) is 11.7 Å². The number of fused-ring (bicyclic) bond motifs is 1. The summed E-state index contributed by atoms with van der Waals surface area (Å²) >= 11 is 0.